The van der Waals surface area contributed by atoms with Crippen molar-refractivity contribution in [1.82, 2.24) is 19.4 Å². The predicted octanol–water partition coefficient (Wildman–Crippen LogP) is 5.47. The average Bonchev–Trinajstić information content (AvgIpc) is 3.50. The third-order valence-corrected chi connectivity index (χ3v) is 7.12. The minimum Gasteiger partial charge on any atom is -0.342 e. The van der Waals surface area contributed by atoms with Crippen LogP contribution in [0.1, 0.15) is 24.8 Å². The molecule has 1 atom stereocenters. The zero-order valence-corrected chi connectivity index (χ0v) is 19.2. The summed E-state index contributed by atoms with van der Waals surface area (Å²) < 4.78 is 15.9. The summed E-state index contributed by atoms with van der Waals surface area (Å²) in [6.45, 7) is 4.26. The van der Waals surface area contributed by atoms with Gasteiger partial charge in [-0.3, -0.25) is 4.79 Å². The number of aromatic nitrogens is 3. The van der Waals surface area contributed by atoms with Gasteiger partial charge < -0.3 is 9.47 Å². The van der Waals surface area contributed by atoms with Crippen molar-refractivity contribution in [3.8, 4) is 22.5 Å². The average molecular weight is 455 g/mol. The van der Waals surface area contributed by atoms with Crippen LogP contribution in [0.5, 0.6) is 0 Å². The van der Waals surface area contributed by atoms with Crippen LogP contribution in [0.25, 0.3) is 33.7 Å². The van der Waals surface area contributed by atoms with Gasteiger partial charge in [-0.2, -0.15) is 0 Å². The number of hydrogen-bond acceptors (Lipinski definition) is 3. The summed E-state index contributed by atoms with van der Waals surface area (Å²) in [6, 6.07) is 17.5. The lowest BCUT2D eigenvalue weighted by Gasteiger charge is -2.17. The summed E-state index contributed by atoms with van der Waals surface area (Å²) in [7, 11) is 0. The molecule has 0 N–H and O–H groups in total. The third-order valence-electron chi connectivity index (χ3n) is 7.12. The van der Waals surface area contributed by atoms with Gasteiger partial charge in [-0.05, 0) is 73.1 Å². The number of fused-ring (bicyclic) bond motifs is 1. The number of carbonyl (C=O) groups is 1. The first-order valence-electron chi connectivity index (χ1n) is 12.0. The summed E-state index contributed by atoms with van der Waals surface area (Å²) in [5, 5.41) is 0. The highest BCUT2D eigenvalue weighted by molar-refractivity contribution is 5.81. The number of benzene rings is 2. The molecule has 2 aromatic heterocycles. The maximum atomic E-state index is 13.7. The van der Waals surface area contributed by atoms with Crippen molar-refractivity contribution >= 4 is 17.1 Å². The highest BCUT2D eigenvalue weighted by Gasteiger charge is 2.36. The summed E-state index contributed by atoms with van der Waals surface area (Å²) >= 11 is 0. The van der Waals surface area contributed by atoms with E-state index >= 15 is 0 Å². The largest absolute Gasteiger partial charge is 0.342 e. The van der Waals surface area contributed by atoms with Gasteiger partial charge in [-0.25, -0.2) is 14.4 Å². The molecule has 0 radical (unpaired) electrons. The van der Waals surface area contributed by atoms with Crippen molar-refractivity contribution in [2.45, 2.75) is 32.7 Å². The molecule has 6 rings (SSSR count). The third kappa shape index (κ3) is 3.87. The molecule has 0 unspecified atom stereocenters. The molecule has 2 fully saturated rings. The summed E-state index contributed by atoms with van der Waals surface area (Å²) in [4.78, 5) is 23.9. The highest BCUT2D eigenvalue weighted by atomic mass is 19.1. The number of nitrogens with zero attached hydrogens (tertiary/aromatic N) is 4. The van der Waals surface area contributed by atoms with Crippen LogP contribution in [0, 0.1) is 24.6 Å². The summed E-state index contributed by atoms with van der Waals surface area (Å²) in [5.41, 5.74) is 5.44. The fraction of sp³-hybridized carbons (Fsp3) is 0.321. The molecule has 3 heterocycles. The molecule has 2 aromatic carbocycles. The number of hydrogen-bond donors (Lipinski definition) is 0. The molecule has 5 nitrogen and oxygen atoms in total. The minimum atomic E-state index is -0.189. The SMILES string of the molecule is Cc1cc(-c2ccc(-c3nc4ncccc4n3C[C@@H]3CCN(C(=O)C4CC4)C3)cc2)ccc1F. The first-order chi connectivity index (χ1) is 16.6. The molecular weight excluding hydrogens is 427 g/mol. The Morgan fingerprint density at radius 2 is 1.79 bits per heavy atom. The fourth-order valence-electron chi connectivity index (χ4n) is 5.03. The van der Waals surface area contributed by atoms with Gasteiger partial charge in [0.2, 0.25) is 5.91 Å². The number of halogens is 1. The van der Waals surface area contributed by atoms with E-state index in [0.717, 1.165) is 72.6 Å². The topological polar surface area (TPSA) is 51.0 Å². The van der Waals surface area contributed by atoms with E-state index in [1.165, 1.54) is 6.07 Å². The van der Waals surface area contributed by atoms with Gasteiger partial charge in [0.05, 0.1) is 5.52 Å². The number of rotatable bonds is 5. The van der Waals surface area contributed by atoms with Crippen molar-refractivity contribution in [3.63, 3.8) is 0 Å². The van der Waals surface area contributed by atoms with Gasteiger partial charge in [-0.15, -0.1) is 0 Å². The monoisotopic (exact) mass is 454 g/mol. The van der Waals surface area contributed by atoms with Crippen molar-refractivity contribution in [2.24, 2.45) is 11.8 Å². The summed E-state index contributed by atoms with van der Waals surface area (Å²) in [6.07, 6.45) is 4.89. The second kappa shape index (κ2) is 8.35. The summed E-state index contributed by atoms with van der Waals surface area (Å²) in [5.74, 6) is 1.72. The normalized spacial score (nSPS) is 18.1. The molecule has 1 amide bonds. The van der Waals surface area contributed by atoms with Crippen LogP contribution in [0.15, 0.2) is 60.8 Å². The first-order valence-corrected chi connectivity index (χ1v) is 12.0. The Morgan fingerprint density at radius 1 is 1.03 bits per heavy atom. The lowest BCUT2D eigenvalue weighted by atomic mass is 10.0. The van der Waals surface area contributed by atoms with E-state index in [9.17, 15) is 9.18 Å². The van der Waals surface area contributed by atoms with E-state index in [1.54, 1.807) is 13.1 Å². The Hall–Kier alpha value is -3.54. The quantitative estimate of drug-likeness (QED) is 0.402. The second-order valence-corrected chi connectivity index (χ2v) is 9.65. The molecule has 172 valence electrons. The Morgan fingerprint density at radius 3 is 2.56 bits per heavy atom. The maximum Gasteiger partial charge on any atom is 0.225 e. The molecule has 2 aliphatic rings. The van der Waals surface area contributed by atoms with Crippen LogP contribution in [0.4, 0.5) is 4.39 Å². The van der Waals surface area contributed by atoms with E-state index < -0.39 is 0 Å². The second-order valence-electron chi connectivity index (χ2n) is 9.65. The van der Waals surface area contributed by atoms with Crippen LogP contribution >= 0.6 is 0 Å². The Balaban J connectivity index is 1.30. The fourth-order valence-corrected chi connectivity index (χ4v) is 5.03. The van der Waals surface area contributed by atoms with Crippen LogP contribution in [0.3, 0.4) is 0 Å². The minimum absolute atomic E-state index is 0.189. The number of carbonyl (C=O) groups excluding carboxylic acids is 1. The lowest BCUT2D eigenvalue weighted by molar-refractivity contribution is -0.131. The van der Waals surface area contributed by atoms with Crippen LogP contribution in [-0.4, -0.2) is 38.4 Å². The number of pyridine rings is 1. The van der Waals surface area contributed by atoms with Crippen molar-refractivity contribution in [1.29, 1.82) is 0 Å². The zero-order valence-electron chi connectivity index (χ0n) is 19.2. The Kier molecular flexibility index (Phi) is 5.16. The molecule has 1 aliphatic heterocycles. The van der Waals surface area contributed by atoms with Crippen molar-refractivity contribution in [2.75, 3.05) is 13.1 Å². The van der Waals surface area contributed by atoms with E-state index in [4.69, 9.17) is 4.98 Å². The van der Waals surface area contributed by atoms with E-state index in [1.807, 2.05) is 18.2 Å². The lowest BCUT2D eigenvalue weighted by Crippen LogP contribution is -2.30. The van der Waals surface area contributed by atoms with Crippen LogP contribution in [-0.2, 0) is 11.3 Å². The molecule has 1 saturated heterocycles. The van der Waals surface area contributed by atoms with Gasteiger partial charge >= 0.3 is 0 Å². The van der Waals surface area contributed by atoms with Gasteiger partial charge in [0.15, 0.2) is 5.65 Å². The van der Waals surface area contributed by atoms with E-state index in [2.05, 4.69) is 44.8 Å². The molecule has 1 saturated carbocycles. The number of aryl methyl sites for hydroxylation is 1. The smallest absolute Gasteiger partial charge is 0.225 e. The van der Waals surface area contributed by atoms with Gasteiger partial charge in [0, 0.05) is 37.3 Å². The number of amides is 1. The van der Waals surface area contributed by atoms with Crippen molar-refractivity contribution < 1.29 is 9.18 Å². The van der Waals surface area contributed by atoms with E-state index in [-0.39, 0.29) is 11.7 Å². The standard InChI is InChI=1S/C28H27FN4O/c1-18-15-23(10-11-24(18)29)20-4-6-21(7-5-20)27-31-26-25(3-2-13-30-26)33(27)17-19-12-14-32(16-19)28(34)22-8-9-22/h2-7,10-11,13,15,19,22H,8-9,12,14,16-17H2,1H3/t19-/m1/s1. The molecule has 4 aromatic rings. The number of imidazole rings is 1. The first kappa shape index (κ1) is 21.0. The maximum absolute atomic E-state index is 13.7. The molecule has 1 aliphatic carbocycles. The van der Waals surface area contributed by atoms with Gasteiger partial charge in [0.25, 0.3) is 0 Å². The van der Waals surface area contributed by atoms with Crippen LogP contribution in [0.2, 0.25) is 0 Å². The molecule has 0 spiro atoms. The van der Waals surface area contributed by atoms with Crippen LogP contribution < -0.4 is 0 Å². The molecule has 6 heteroatoms. The van der Waals surface area contributed by atoms with Gasteiger partial charge in [0.1, 0.15) is 11.6 Å². The zero-order chi connectivity index (χ0) is 23.2. The molecule has 0 bridgehead atoms. The Labute approximate surface area is 198 Å². The molecular formula is C28H27FN4O. The van der Waals surface area contributed by atoms with Crippen molar-refractivity contribution in [3.05, 3.63) is 72.2 Å². The van der Waals surface area contributed by atoms with Gasteiger partial charge in [-0.1, -0.05) is 30.3 Å². The Bertz CT molecular complexity index is 1370. The number of likely N-dealkylation sites (tertiary alicyclic amines) is 1. The predicted molar refractivity (Wildman–Crippen MR) is 131 cm³/mol. The highest BCUT2D eigenvalue weighted by Crippen LogP contribution is 2.34. The molecule has 34 heavy (non-hydrogen) atoms. The van der Waals surface area contributed by atoms with E-state index in [0.29, 0.717) is 17.4 Å².